The van der Waals surface area contributed by atoms with Crippen LogP contribution in [0.15, 0.2) is 42.6 Å². The molecule has 0 N–H and O–H groups in total. The first-order valence-electron chi connectivity index (χ1n) is 10.5. The van der Waals surface area contributed by atoms with Crippen LogP contribution >= 0.6 is 0 Å². The Labute approximate surface area is 168 Å². The Morgan fingerprint density at radius 2 is 2.00 bits per heavy atom. The third kappa shape index (κ3) is 4.15. The highest BCUT2D eigenvalue weighted by atomic mass is 16.5. The minimum absolute atomic E-state index is 0.208. The van der Waals surface area contributed by atoms with Gasteiger partial charge in [0.25, 0.3) is 0 Å². The molecule has 3 heterocycles. The summed E-state index contributed by atoms with van der Waals surface area (Å²) in [4.78, 5) is 9.43. The third-order valence-corrected chi connectivity index (χ3v) is 6.01. The fourth-order valence-corrected chi connectivity index (χ4v) is 4.44. The van der Waals surface area contributed by atoms with Gasteiger partial charge in [0, 0.05) is 38.9 Å². The molecule has 5 heteroatoms. The van der Waals surface area contributed by atoms with Gasteiger partial charge in [-0.25, -0.2) is 4.98 Å². The average molecular weight is 382 g/mol. The first-order valence-corrected chi connectivity index (χ1v) is 10.5. The van der Waals surface area contributed by atoms with E-state index < -0.39 is 0 Å². The van der Waals surface area contributed by atoms with Crippen LogP contribution in [0.4, 0.5) is 5.82 Å². The fraction of sp³-hybridized carbons (Fsp3) is 0.522. The summed E-state index contributed by atoms with van der Waals surface area (Å²) in [5.41, 5.74) is 2.83. The number of hydrogen-bond donors (Lipinski definition) is 0. The average Bonchev–Trinajstić information content (AvgIpc) is 2.75. The van der Waals surface area contributed by atoms with E-state index in [-0.39, 0.29) is 6.10 Å². The summed E-state index contributed by atoms with van der Waals surface area (Å²) in [6, 6.07) is 13.2. The molecule has 1 aromatic carbocycles. The topological polar surface area (TPSA) is 37.8 Å². The second kappa shape index (κ2) is 8.93. The van der Waals surface area contributed by atoms with Crippen LogP contribution in [0.3, 0.4) is 0 Å². The van der Waals surface area contributed by atoms with Gasteiger partial charge in [-0.3, -0.25) is 0 Å². The Bertz CT molecular complexity index is 774. The van der Waals surface area contributed by atoms with Crippen molar-refractivity contribution in [3.8, 4) is 5.75 Å². The van der Waals surface area contributed by atoms with Crippen LogP contribution in [-0.4, -0.2) is 55.8 Å². The van der Waals surface area contributed by atoms with Gasteiger partial charge >= 0.3 is 0 Å². The van der Waals surface area contributed by atoms with Gasteiger partial charge in [0.15, 0.2) is 11.6 Å². The predicted molar refractivity (Wildman–Crippen MR) is 112 cm³/mol. The van der Waals surface area contributed by atoms with Crippen molar-refractivity contribution in [3.63, 3.8) is 0 Å². The van der Waals surface area contributed by atoms with Crippen molar-refractivity contribution in [2.75, 3.05) is 44.8 Å². The molecule has 0 bridgehead atoms. The lowest BCUT2D eigenvalue weighted by molar-refractivity contribution is 0.0110. The molecular weight excluding hydrogens is 350 g/mol. The molecule has 1 saturated heterocycles. The lowest BCUT2D eigenvalue weighted by atomic mass is 9.96. The number of rotatable bonds is 6. The largest absolute Gasteiger partial charge is 0.490 e. The maximum atomic E-state index is 6.11. The van der Waals surface area contributed by atoms with Gasteiger partial charge in [0.05, 0.1) is 19.3 Å². The van der Waals surface area contributed by atoms with Crippen LogP contribution in [0.5, 0.6) is 5.75 Å². The predicted octanol–water partition coefficient (Wildman–Crippen LogP) is 3.69. The molecule has 2 aliphatic rings. The van der Waals surface area contributed by atoms with Crippen LogP contribution in [-0.2, 0) is 11.2 Å². The highest BCUT2D eigenvalue weighted by Crippen LogP contribution is 2.31. The molecule has 150 valence electrons. The first kappa shape index (κ1) is 19.2. The van der Waals surface area contributed by atoms with E-state index in [4.69, 9.17) is 9.47 Å². The summed E-state index contributed by atoms with van der Waals surface area (Å²) >= 11 is 0. The van der Waals surface area contributed by atoms with Crippen molar-refractivity contribution in [2.45, 2.75) is 38.3 Å². The number of ether oxygens (including phenoxy) is 2. The van der Waals surface area contributed by atoms with Crippen molar-refractivity contribution < 1.29 is 9.47 Å². The van der Waals surface area contributed by atoms with Crippen LogP contribution < -0.4 is 9.64 Å². The molecule has 0 saturated carbocycles. The minimum atomic E-state index is 0.208. The van der Waals surface area contributed by atoms with Crippen LogP contribution in [0.2, 0.25) is 0 Å². The monoisotopic (exact) mass is 381 g/mol. The number of pyridine rings is 1. The van der Waals surface area contributed by atoms with Crippen molar-refractivity contribution in [1.29, 1.82) is 0 Å². The zero-order chi connectivity index (χ0) is 19.3. The van der Waals surface area contributed by atoms with E-state index in [1.54, 1.807) is 0 Å². The maximum Gasteiger partial charge on any atom is 0.171 e. The summed E-state index contributed by atoms with van der Waals surface area (Å²) in [5.74, 6) is 1.83. The molecule has 28 heavy (non-hydrogen) atoms. The second-order valence-corrected chi connectivity index (χ2v) is 7.71. The smallest absolute Gasteiger partial charge is 0.171 e. The van der Waals surface area contributed by atoms with Gasteiger partial charge in [-0.1, -0.05) is 24.3 Å². The zero-order valence-electron chi connectivity index (χ0n) is 17.0. The Kier molecular flexibility index (Phi) is 6.13. The molecule has 0 spiro atoms. The van der Waals surface area contributed by atoms with Crippen LogP contribution in [0.1, 0.15) is 37.0 Å². The molecule has 2 aliphatic heterocycles. The van der Waals surface area contributed by atoms with Crippen LogP contribution in [0, 0.1) is 0 Å². The van der Waals surface area contributed by atoms with Crippen molar-refractivity contribution in [1.82, 2.24) is 9.88 Å². The number of likely N-dealkylation sites (tertiary alicyclic amines) is 1. The van der Waals surface area contributed by atoms with Gasteiger partial charge in [0.1, 0.15) is 0 Å². The van der Waals surface area contributed by atoms with Gasteiger partial charge < -0.3 is 19.3 Å². The van der Waals surface area contributed by atoms with E-state index >= 15 is 0 Å². The van der Waals surface area contributed by atoms with Gasteiger partial charge in [0.2, 0.25) is 0 Å². The van der Waals surface area contributed by atoms with E-state index in [1.807, 2.05) is 25.3 Å². The quantitative estimate of drug-likeness (QED) is 0.763. The zero-order valence-corrected chi connectivity index (χ0v) is 17.0. The lowest BCUT2D eigenvalue weighted by Gasteiger charge is -2.39. The molecule has 0 amide bonds. The van der Waals surface area contributed by atoms with Crippen LogP contribution in [0.25, 0.3) is 0 Å². The third-order valence-electron chi connectivity index (χ3n) is 6.01. The van der Waals surface area contributed by atoms with Crippen molar-refractivity contribution in [3.05, 3.63) is 53.7 Å². The van der Waals surface area contributed by atoms with Gasteiger partial charge in [-0.05, 0) is 49.4 Å². The number of piperidine rings is 1. The Balaban J connectivity index is 1.35. The summed E-state index contributed by atoms with van der Waals surface area (Å²) < 4.78 is 11.9. The molecule has 1 fully saturated rings. The molecule has 2 aromatic rings. The molecule has 5 nitrogen and oxygen atoms in total. The second-order valence-electron chi connectivity index (χ2n) is 7.71. The lowest BCUT2D eigenvalue weighted by Crippen LogP contribution is -2.45. The fourth-order valence-electron chi connectivity index (χ4n) is 4.44. The number of hydrogen-bond acceptors (Lipinski definition) is 5. The molecule has 1 aromatic heterocycles. The number of nitrogens with zero attached hydrogens (tertiary/aromatic N) is 3. The molecule has 4 rings (SSSR count). The van der Waals surface area contributed by atoms with Gasteiger partial charge in [-0.15, -0.1) is 0 Å². The Morgan fingerprint density at radius 1 is 1.18 bits per heavy atom. The number of aromatic nitrogens is 1. The summed E-state index contributed by atoms with van der Waals surface area (Å²) in [6.07, 6.45) is 5.35. The highest BCUT2D eigenvalue weighted by molar-refractivity contribution is 5.52. The summed E-state index contributed by atoms with van der Waals surface area (Å²) in [7, 11) is 2.14. The Hall–Kier alpha value is -2.11. The van der Waals surface area contributed by atoms with E-state index in [9.17, 15) is 0 Å². The minimum Gasteiger partial charge on any atom is -0.490 e. The Morgan fingerprint density at radius 3 is 2.82 bits per heavy atom. The number of fused-ring (bicyclic) bond motifs is 1. The molecule has 0 aliphatic carbocycles. The van der Waals surface area contributed by atoms with E-state index in [2.05, 4.69) is 46.1 Å². The normalized spacial score (nSPS) is 20.6. The van der Waals surface area contributed by atoms with E-state index in [0.717, 1.165) is 57.1 Å². The molecule has 0 radical (unpaired) electrons. The highest BCUT2D eigenvalue weighted by Gasteiger charge is 2.28. The molecule has 1 atom stereocenters. The maximum absolute atomic E-state index is 6.11. The SMILES string of the molecule is CCOc1cccnc1N(C)C1CCN(CC2OCCc3ccccc32)CC1. The molecular formula is C23H31N3O2. The van der Waals surface area contributed by atoms with Crippen molar-refractivity contribution >= 4 is 5.82 Å². The number of anilines is 1. The van der Waals surface area contributed by atoms with Crippen molar-refractivity contribution in [2.24, 2.45) is 0 Å². The molecule has 1 unspecified atom stereocenters. The number of benzene rings is 1. The van der Waals surface area contributed by atoms with Gasteiger partial charge in [-0.2, -0.15) is 0 Å². The van der Waals surface area contributed by atoms with E-state index in [1.165, 1.54) is 11.1 Å². The summed E-state index contributed by atoms with van der Waals surface area (Å²) in [6.45, 7) is 6.68. The summed E-state index contributed by atoms with van der Waals surface area (Å²) in [5, 5.41) is 0. The standard InChI is InChI=1S/C23H31N3O2/c1-3-27-21-9-6-13-24-23(21)25(2)19-10-14-26(15-11-19)17-22-20-8-5-4-7-18(20)12-16-28-22/h4-9,13,19,22H,3,10-12,14-17H2,1-2H3. The van der Waals surface area contributed by atoms with E-state index in [0.29, 0.717) is 12.6 Å². The first-order chi connectivity index (χ1) is 13.8.